The molecule has 27 heavy (non-hydrogen) atoms. The second-order valence-corrected chi connectivity index (χ2v) is 6.45. The van der Waals surface area contributed by atoms with E-state index in [1.165, 1.54) is 0 Å². The molecule has 1 aliphatic rings. The van der Waals surface area contributed by atoms with Gasteiger partial charge in [-0.3, -0.25) is 4.79 Å². The maximum atomic E-state index is 12.8. The fourth-order valence-electron chi connectivity index (χ4n) is 3.41. The molecule has 5 nitrogen and oxygen atoms in total. The molecule has 1 unspecified atom stereocenters. The molecule has 1 amide bonds. The van der Waals surface area contributed by atoms with Crippen LogP contribution in [0.5, 0.6) is 17.2 Å². The van der Waals surface area contributed by atoms with Gasteiger partial charge in [0.1, 0.15) is 17.2 Å². The Kier molecular flexibility index (Phi) is 6.01. The normalized spacial score (nSPS) is 16.6. The third-order valence-electron chi connectivity index (χ3n) is 4.81. The first-order valence-electron chi connectivity index (χ1n) is 9.00. The molecule has 5 heteroatoms. The molecule has 142 valence electrons. The molecular weight excluding hydrogens is 342 g/mol. The van der Waals surface area contributed by atoms with Gasteiger partial charge in [-0.05, 0) is 54.3 Å². The summed E-state index contributed by atoms with van der Waals surface area (Å²) >= 11 is 0. The van der Waals surface area contributed by atoms with E-state index >= 15 is 0 Å². The lowest BCUT2D eigenvalue weighted by molar-refractivity contribution is -0.126. The molecule has 0 aliphatic carbocycles. The standard InChI is InChI=1S/C22H25NO4/c1-25-18-7-4-6-17(14-18)21-8-5-11-23(21)22(24)10-9-16-12-19(26-2)15-20(13-16)27-3/h4,6-7,9-10,12-15,21H,5,8,11H2,1-3H3/b10-9+. The van der Waals surface area contributed by atoms with E-state index in [1.807, 2.05) is 35.2 Å². The molecule has 0 spiro atoms. The molecule has 0 saturated carbocycles. The van der Waals surface area contributed by atoms with E-state index < -0.39 is 0 Å². The van der Waals surface area contributed by atoms with Crippen molar-refractivity contribution >= 4 is 12.0 Å². The zero-order valence-corrected chi connectivity index (χ0v) is 16.0. The Morgan fingerprint density at radius 3 is 2.37 bits per heavy atom. The second-order valence-electron chi connectivity index (χ2n) is 6.45. The second kappa shape index (κ2) is 8.62. The summed E-state index contributed by atoms with van der Waals surface area (Å²) in [6.45, 7) is 0.756. The van der Waals surface area contributed by atoms with Gasteiger partial charge in [-0.1, -0.05) is 12.1 Å². The lowest BCUT2D eigenvalue weighted by Crippen LogP contribution is -2.28. The topological polar surface area (TPSA) is 48.0 Å². The van der Waals surface area contributed by atoms with E-state index in [-0.39, 0.29) is 11.9 Å². The summed E-state index contributed by atoms with van der Waals surface area (Å²) in [6.07, 6.45) is 5.37. The highest BCUT2D eigenvalue weighted by Crippen LogP contribution is 2.33. The van der Waals surface area contributed by atoms with Gasteiger partial charge in [0.25, 0.3) is 0 Å². The minimum Gasteiger partial charge on any atom is -0.497 e. The van der Waals surface area contributed by atoms with Crippen LogP contribution in [0.4, 0.5) is 0 Å². The Hall–Kier alpha value is -2.95. The van der Waals surface area contributed by atoms with Crippen molar-refractivity contribution in [1.29, 1.82) is 0 Å². The number of ether oxygens (including phenoxy) is 3. The molecule has 2 aromatic carbocycles. The van der Waals surface area contributed by atoms with Crippen molar-refractivity contribution in [2.75, 3.05) is 27.9 Å². The number of nitrogens with zero attached hydrogens (tertiary/aromatic N) is 1. The first-order chi connectivity index (χ1) is 13.1. The Labute approximate surface area is 160 Å². The number of carbonyl (C=O) groups is 1. The SMILES string of the molecule is COc1cc(/C=C/C(=O)N2CCCC2c2cccc(OC)c2)cc(OC)c1. The van der Waals surface area contributed by atoms with Crippen LogP contribution >= 0.6 is 0 Å². The van der Waals surface area contributed by atoms with Crippen molar-refractivity contribution in [1.82, 2.24) is 4.90 Å². The molecule has 0 bridgehead atoms. The average molecular weight is 367 g/mol. The van der Waals surface area contributed by atoms with Crippen LogP contribution in [0.3, 0.4) is 0 Å². The molecule has 1 aliphatic heterocycles. The molecule has 0 radical (unpaired) electrons. The predicted octanol–water partition coefficient (Wildman–Crippen LogP) is 4.09. The summed E-state index contributed by atoms with van der Waals surface area (Å²) in [4.78, 5) is 14.7. The van der Waals surface area contributed by atoms with Gasteiger partial charge in [0.15, 0.2) is 0 Å². The van der Waals surface area contributed by atoms with Crippen molar-refractivity contribution in [2.24, 2.45) is 0 Å². The molecule has 1 atom stereocenters. The predicted molar refractivity (Wildman–Crippen MR) is 105 cm³/mol. The van der Waals surface area contributed by atoms with Gasteiger partial charge in [0, 0.05) is 18.7 Å². The maximum Gasteiger partial charge on any atom is 0.247 e. The van der Waals surface area contributed by atoms with Crippen molar-refractivity contribution < 1.29 is 19.0 Å². The number of hydrogen-bond acceptors (Lipinski definition) is 4. The molecule has 2 aromatic rings. The zero-order valence-electron chi connectivity index (χ0n) is 16.0. The first kappa shape index (κ1) is 18.8. The minimum absolute atomic E-state index is 0.00195. The third-order valence-corrected chi connectivity index (χ3v) is 4.81. The summed E-state index contributed by atoms with van der Waals surface area (Å²) in [5.74, 6) is 2.20. The van der Waals surface area contributed by atoms with Crippen molar-refractivity contribution in [3.05, 3.63) is 59.7 Å². The van der Waals surface area contributed by atoms with Crippen molar-refractivity contribution in [3.8, 4) is 17.2 Å². The number of rotatable bonds is 6. The van der Waals surface area contributed by atoms with Crippen LogP contribution in [0.15, 0.2) is 48.5 Å². The van der Waals surface area contributed by atoms with Crippen LogP contribution in [-0.2, 0) is 4.79 Å². The number of amides is 1. The van der Waals surface area contributed by atoms with Crippen LogP contribution in [0.25, 0.3) is 6.08 Å². The summed E-state index contributed by atoms with van der Waals surface area (Å²) in [6, 6.07) is 13.6. The summed E-state index contributed by atoms with van der Waals surface area (Å²) in [5.41, 5.74) is 1.97. The number of methoxy groups -OCH3 is 3. The Balaban J connectivity index is 1.77. The smallest absolute Gasteiger partial charge is 0.247 e. The monoisotopic (exact) mass is 367 g/mol. The van der Waals surface area contributed by atoms with E-state index in [0.29, 0.717) is 11.5 Å². The van der Waals surface area contributed by atoms with Gasteiger partial charge in [-0.15, -0.1) is 0 Å². The third kappa shape index (κ3) is 4.42. The van der Waals surface area contributed by atoms with Gasteiger partial charge in [0.2, 0.25) is 5.91 Å². The zero-order chi connectivity index (χ0) is 19.2. The number of likely N-dealkylation sites (tertiary alicyclic amines) is 1. The highest BCUT2D eigenvalue weighted by molar-refractivity contribution is 5.92. The molecule has 1 saturated heterocycles. The van der Waals surface area contributed by atoms with E-state index in [9.17, 15) is 4.79 Å². The average Bonchev–Trinajstić information content (AvgIpc) is 3.21. The van der Waals surface area contributed by atoms with Gasteiger partial charge in [-0.2, -0.15) is 0 Å². The van der Waals surface area contributed by atoms with Gasteiger partial charge in [-0.25, -0.2) is 0 Å². The Morgan fingerprint density at radius 1 is 1.00 bits per heavy atom. The molecule has 0 N–H and O–H groups in total. The number of benzene rings is 2. The van der Waals surface area contributed by atoms with Gasteiger partial charge >= 0.3 is 0 Å². The lowest BCUT2D eigenvalue weighted by atomic mass is 10.0. The molecule has 3 rings (SSSR count). The summed E-state index contributed by atoms with van der Waals surface area (Å²) in [7, 11) is 4.87. The van der Waals surface area contributed by atoms with Crippen LogP contribution in [0.1, 0.15) is 30.0 Å². The van der Waals surface area contributed by atoms with Gasteiger partial charge < -0.3 is 19.1 Å². The Bertz CT molecular complexity index is 809. The van der Waals surface area contributed by atoms with Crippen molar-refractivity contribution in [2.45, 2.75) is 18.9 Å². The van der Waals surface area contributed by atoms with Crippen LogP contribution < -0.4 is 14.2 Å². The maximum absolute atomic E-state index is 12.8. The number of hydrogen-bond donors (Lipinski definition) is 0. The molecular formula is C22H25NO4. The minimum atomic E-state index is 0.00195. The van der Waals surface area contributed by atoms with Crippen LogP contribution in [0, 0.1) is 0 Å². The fraction of sp³-hybridized carbons (Fsp3) is 0.318. The molecule has 1 fully saturated rings. The fourth-order valence-corrected chi connectivity index (χ4v) is 3.41. The molecule has 1 heterocycles. The summed E-state index contributed by atoms with van der Waals surface area (Å²) in [5, 5.41) is 0. The van der Waals surface area contributed by atoms with E-state index in [4.69, 9.17) is 14.2 Å². The van der Waals surface area contributed by atoms with E-state index in [1.54, 1.807) is 39.5 Å². The van der Waals surface area contributed by atoms with E-state index in [0.717, 1.165) is 36.3 Å². The number of carbonyl (C=O) groups excluding carboxylic acids is 1. The van der Waals surface area contributed by atoms with Crippen LogP contribution in [-0.4, -0.2) is 38.7 Å². The molecule has 0 aromatic heterocycles. The quantitative estimate of drug-likeness (QED) is 0.722. The highest BCUT2D eigenvalue weighted by atomic mass is 16.5. The van der Waals surface area contributed by atoms with Crippen LogP contribution in [0.2, 0.25) is 0 Å². The highest BCUT2D eigenvalue weighted by Gasteiger charge is 2.28. The van der Waals surface area contributed by atoms with Crippen molar-refractivity contribution in [3.63, 3.8) is 0 Å². The first-order valence-corrected chi connectivity index (χ1v) is 9.00. The Morgan fingerprint density at radius 2 is 1.70 bits per heavy atom. The van der Waals surface area contributed by atoms with Gasteiger partial charge in [0.05, 0.1) is 27.4 Å². The van der Waals surface area contributed by atoms with E-state index in [2.05, 4.69) is 6.07 Å². The summed E-state index contributed by atoms with van der Waals surface area (Å²) < 4.78 is 15.9. The lowest BCUT2D eigenvalue weighted by Gasteiger charge is -2.24. The largest absolute Gasteiger partial charge is 0.497 e.